The van der Waals surface area contributed by atoms with Gasteiger partial charge in [0.1, 0.15) is 0 Å². The summed E-state index contributed by atoms with van der Waals surface area (Å²) in [7, 11) is 1.41. The van der Waals surface area contributed by atoms with Gasteiger partial charge in [-0.25, -0.2) is 4.79 Å². The van der Waals surface area contributed by atoms with Crippen LogP contribution in [0.25, 0.3) is 0 Å². The highest BCUT2D eigenvalue weighted by Crippen LogP contribution is 2.25. The lowest BCUT2D eigenvalue weighted by atomic mass is 10.1. The summed E-state index contributed by atoms with van der Waals surface area (Å²) in [6.07, 6.45) is 2.77. The maximum absolute atomic E-state index is 11.1. The van der Waals surface area contributed by atoms with Crippen molar-refractivity contribution in [1.82, 2.24) is 0 Å². The molecule has 0 fully saturated rings. The second-order valence-corrected chi connectivity index (χ2v) is 2.69. The van der Waals surface area contributed by atoms with Crippen molar-refractivity contribution in [2.24, 2.45) is 0 Å². The molecule has 0 heterocycles. The predicted octanol–water partition coefficient (Wildman–Crippen LogP) is 1.83. The van der Waals surface area contributed by atoms with Crippen molar-refractivity contribution in [2.45, 2.75) is 20.3 Å². The number of ether oxygens (including phenoxy) is 1. The van der Waals surface area contributed by atoms with Gasteiger partial charge in [0, 0.05) is 5.57 Å². The fourth-order valence-corrected chi connectivity index (χ4v) is 1.16. The van der Waals surface area contributed by atoms with Crippen molar-refractivity contribution >= 4 is 5.97 Å². The van der Waals surface area contributed by atoms with Gasteiger partial charge in [0.2, 0.25) is 0 Å². The highest BCUT2D eigenvalue weighted by Gasteiger charge is 2.17. The second-order valence-electron chi connectivity index (χ2n) is 2.69. The van der Waals surface area contributed by atoms with Crippen LogP contribution in [0.15, 0.2) is 22.8 Å². The van der Waals surface area contributed by atoms with Crippen molar-refractivity contribution in [2.75, 3.05) is 7.11 Å². The van der Waals surface area contributed by atoms with E-state index < -0.39 is 0 Å². The second kappa shape index (κ2) is 2.91. The summed E-state index contributed by atoms with van der Waals surface area (Å²) in [5.41, 5.74) is 3.05. The van der Waals surface area contributed by atoms with E-state index in [0.29, 0.717) is 0 Å². The number of hydrogen-bond acceptors (Lipinski definition) is 2. The first kappa shape index (κ1) is 8.05. The van der Waals surface area contributed by atoms with Crippen LogP contribution < -0.4 is 0 Å². The number of allylic oxidation sites excluding steroid dienone is 3. The molecule has 1 aliphatic carbocycles. The molecule has 0 N–H and O–H groups in total. The van der Waals surface area contributed by atoms with Crippen molar-refractivity contribution in [1.29, 1.82) is 0 Å². The van der Waals surface area contributed by atoms with Gasteiger partial charge in [-0.05, 0) is 25.8 Å². The molecule has 0 atom stereocenters. The molecule has 0 saturated carbocycles. The molecule has 0 bridgehead atoms. The van der Waals surface area contributed by atoms with E-state index in [0.717, 1.165) is 17.6 Å². The van der Waals surface area contributed by atoms with Gasteiger partial charge in [-0.1, -0.05) is 11.6 Å². The molecule has 1 aliphatic rings. The lowest BCUT2D eigenvalue weighted by Crippen LogP contribution is -2.04. The van der Waals surface area contributed by atoms with Crippen molar-refractivity contribution in [3.05, 3.63) is 22.8 Å². The molecule has 0 aromatic carbocycles. The average molecular weight is 152 g/mol. The van der Waals surface area contributed by atoms with Crippen LogP contribution in [0.5, 0.6) is 0 Å². The summed E-state index contributed by atoms with van der Waals surface area (Å²) in [6, 6.07) is 0. The van der Waals surface area contributed by atoms with E-state index in [2.05, 4.69) is 4.74 Å². The Labute approximate surface area is 66.5 Å². The van der Waals surface area contributed by atoms with Crippen LogP contribution in [0.2, 0.25) is 0 Å². The van der Waals surface area contributed by atoms with E-state index in [1.54, 1.807) is 0 Å². The van der Waals surface area contributed by atoms with Gasteiger partial charge in [0.05, 0.1) is 7.11 Å². The fourth-order valence-electron chi connectivity index (χ4n) is 1.16. The van der Waals surface area contributed by atoms with Crippen LogP contribution >= 0.6 is 0 Å². The smallest absolute Gasteiger partial charge is 0.334 e. The first-order valence-electron chi connectivity index (χ1n) is 3.62. The quantitative estimate of drug-likeness (QED) is 0.536. The van der Waals surface area contributed by atoms with E-state index >= 15 is 0 Å². The van der Waals surface area contributed by atoms with Gasteiger partial charge in [0.25, 0.3) is 0 Å². The molecule has 0 aromatic rings. The first-order chi connectivity index (χ1) is 5.16. The minimum absolute atomic E-state index is 0.199. The Kier molecular flexibility index (Phi) is 2.13. The lowest BCUT2D eigenvalue weighted by molar-refractivity contribution is -0.136. The molecule has 0 spiro atoms. The van der Waals surface area contributed by atoms with Crippen LogP contribution in [-0.4, -0.2) is 13.1 Å². The largest absolute Gasteiger partial charge is 0.466 e. The number of esters is 1. The summed E-state index contributed by atoms with van der Waals surface area (Å²) in [4.78, 5) is 11.1. The Hall–Kier alpha value is -1.05. The third kappa shape index (κ3) is 1.34. The Morgan fingerprint density at radius 2 is 2.18 bits per heavy atom. The minimum Gasteiger partial charge on any atom is -0.466 e. The molecule has 0 radical (unpaired) electrons. The SMILES string of the molecule is COC(=O)C1=C(C)C(C)=CC1. The van der Waals surface area contributed by atoms with E-state index in [4.69, 9.17) is 0 Å². The summed E-state index contributed by atoms with van der Waals surface area (Å²) >= 11 is 0. The summed E-state index contributed by atoms with van der Waals surface area (Å²) in [5, 5.41) is 0. The highest BCUT2D eigenvalue weighted by atomic mass is 16.5. The molecule has 1 rings (SSSR count). The Morgan fingerprint density at radius 3 is 2.55 bits per heavy atom. The summed E-state index contributed by atoms with van der Waals surface area (Å²) in [6.45, 7) is 3.95. The van der Waals surface area contributed by atoms with Crippen molar-refractivity contribution < 1.29 is 9.53 Å². The molecule has 11 heavy (non-hydrogen) atoms. The Bertz CT molecular complexity index is 246. The maximum atomic E-state index is 11.1. The summed E-state index contributed by atoms with van der Waals surface area (Å²) < 4.78 is 4.62. The Morgan fingerprint density at radius 1 is 1.55 bits per heavy atom. The number of carbonyl (C=O) groups is 1. The zero-order valence-corrected chi connectivity index (χ0v) is 7.10. The van der Waals surface area contributed by atoms with Gasteiger partial charge in [-0.3, -0.25) is 0 Å². The normalized spacial score (nSPS) is 16.8. The molecule has 2 heteroatoms. The zero-order valence-electron chi connectivity index (χ0n) is 7.10. The van der Waals surface area contributed by atoms with E-state index in [-0.39, 0.29) is 5.97 Å². The molecule has 0 aromatic heterocycles. The first-order valence-corrected chi connectivity index (χ1v) is 3.62. The topological polar surface area (TPSA) is 26.3 Å². The number of hydrogen-bond donors (Lipinski definition) is 0. The highest BCUT2D eigenvalue weighted by molar-refractivity contribution is 5.91. The summed E-state index contributed by atoms with van der Waals surface area (Å²) in [5.74, 6) is -0.199. The molecule has 0 amide bonds. The van der Waals surface area contributed by atoms with Gasteiger partial charge >= 0.3 is 5.97 Å². The molecule has 0 aliphatic heterocycles. The maximum Gasteiger partial charge on any atom is 0.334 e. The predicted molar refractivity (Wildman–Crippen MR) is 43.1 cm³/mol. The van der Waals surface area contributed by atoms with Crippen molar-refractivity contribution in [3.63, 3.8) is 0 Å². The number of methoxy groups -OCH3 is 1. The Balaban J connectivity index is 2.86. The van der Waals surface area contributed by atoms with Crippen molar-refractivity contribution in [3.8, 4) is 0 Å². The van der Waals surface area contributed by atoms with Crippen LogP contribution in [0.4, 0.5) is 0 Å². The van der Waals surface area contributed by atoms with Gasteiger partial charge in [0.15, 0.2) is 0 Å². The molecule has 2 nitrogen and oxygen atoms in total. The average Bonchev–Trinajstić information content (AvgIpc) is 2.32. The van der Waals surface area contributed by atoms with Gasteiger partial charge < -0.3 is 4.74 Å². The van der Waals surface area contributed by atoms with Crippen LogP contribution in [0.3, 0.4) is 0 Å². The lowest BCUT2D eigenvalue weighted by Gasteiger charge is -2.01. The third-order valence-electron chi connectivity index (χ3n) is 2.09. The fraction of sp³-hybridized carbons (Fsp3) is 0.444. The van der Waals surface area contributed by atoms with Crippen LogP contribution in [-0.2, 0) is 9.53 Å². The molecular weight excluding hydrogens is 140 g/mol. The minimum atomic E-state index is -0.199. The number of rotatable bonds is 1. The third-order valence-corrected chi connectivity index (χ3v) is 2.09. The monoisotopic (exact) mass is 152 g/mol. The van der Waals surface area contributed by atoms with E-state index in [1.165, 1.54) is 12.7 Å². The van der Waals surface area contributed by atoms with E-state index in [1.807, 2.05) is 19.9 Å². The molecule has 60 valence electrons. The standard InChI is InChI=1S/C9H12O2/c1-6-4-5-8(7(6)2)9(10)11-3/h4H,5H2,1-3H3. The van der Waals surface area contributed by atoms with Crippen LogP contribution in [0.1, 0.15) is 20.3 Å². The molecule has 0 unspecified atom stereocenters. The van der Waals surface area contributed by atoms with Gasteiger partial charge in [-0.2, -0.15) is 0 Å². The zero-order chi connectivity index (χ0) is 8.43. The molecular formula is C9H12O2. The van der Waals surface area contributed by atoms with E-state index in [9.17, 15) is 4.79 Å². The molecule has 0 saturated heterocycles. The van der Waals surface area contributed by atoms with Gasteiger partial charge in [-0.15, -0.1) is 0 Å². The van der Waals surface area contributed by atoms with Crippen LogP contribution in [0, 0.1) is 0 Å². The number of carbonyl (C=O) groups excluding carboxylic acids is 1.